The Morgan fingerprint density at radius 3 is 2.22 bits per heavy atom. The second kappa shape index (κ2) is 9.31. The molecule has 1 aliphatic heterocycles. The normalized spacial score (nSPS) is 15.6. The Hall–Kier alpha value is -1.87. The summed E-state index contributed by atoms with van der Waals surface area (Å²) in [6.45, 7) is 9.30. The number of likely N-dealkylation sites (tertiary alicyclic amines) is 1. The summed E-state index contributed by atoms with van der Waals surface area (Å²) in [4.78, 5) is 6.56. The van der Waals surface area contributed by atoms with Gasteiger partial charge in [0.25, 0.3) is 0 Å². The zero-order valence-electron chi connectivity index (χ0n) is 14.5. The van der Waals surface area contributed by atoms with E-state index in [1.807, 2.05) is 26.2 Å². The Bertz CT molecular complexity index is 546. The van der Waals surface area contributed by atoms with Gasteiger partial charge in [-0.2, -0.15) is 0 Å². The number of rotatable bonds is 4. The van der Waals surface area contributed by atoms with E-state index in [0.717, 1.165) is 38.2 Å². The van der Waals surface area contributed by atoms with Crippen LogP contribution >= 0.6 is 0 Å². The third-order valence-electron chi connectivity index (χ3n) is 4.01. The lowest BCUT2D eigenvalue weighted by atomic mass is 10.1. The van der Waals surface area contributed by atoms with Crippen LogP contribution in [0.4, 0.5) is 0 Å². The van der Waals surface area contributed by atoms with E-state index in [1.54, 1.807) is 0 Å². The SMILES string of the molecule is CC.Cc1ccc(OC2CCN(Cc3ccncc3)CC2)cc1. The van der Waals surface area contributed by atoms with Gasteiger partial charge in [0.15, 0.2) is 0 Å². The summed E-state index contributed by atoms with van der Waals surface area (Å²) in [6.07, 6.45) is 6.27. The minimum Gasteiger partial charge on any atom is -0.490 e. The fourth-order valence-corrected chi connectivity index (χ4v) is 2.74. The Labute approximate surface area is 140 Å². The minimum atomic E-state index is 0.349. The highest BCUT2D eigenvalue weighted by atomic mass is 16.5. The van der Waals surface area contributed by atoms with Crippen LogP contribution in [-0.2, 0) is 6.54 Å². The first-order chi connectivity index (χ1) is 11.3. The largest absolute Gasteiger partial charge is 0.490 e. The zero-order valence-corrected chi connectivity index (χ0v) is 14.5. The lowest BCUT2D eigenvalue weighted by Gasteiger charge is -2.32. The van der Waals surface area contributed by atoms with E-state index >= 15 is 0 Å². The molecule has 0 amide bonds. The van der Waals surface area contributed by atoms with Crippen molar-refractivity contribution in [2.45, 2.75) is 46.3 Å². The fraction of sp³-hybridized carbons (Fsp3) is 0.450. The number of piperidine rings is 1. The maximum Gasteiger partial charge on any atom is 0.119 e. The van der Waals surface area contributed by atoms with Crippen LogP contribution in [0, 0.1) is 6.92 Å². The molecule has 23 heavy (non-hydrogen) atoms. The van der Waals surface area contributed by atoms with Gasteiger partial charge >= 0.3 is 0 Å². The first-order valence-corrected chi connectivity index (χ1v) is 8.64. The van der Waals surface area contributed by atoms with Gasteiger partial charge < -0.3 is 4.74 Å². The number of benzene rings is 1. The van der Waals surface area contributed by atoms with Gasteiger partial charge in [-0.3, -0.25) is 9.88 Å². The van der Waals surface area contributed by atoms with Crippen molar-refractivity contribution in [3.63, 3.8) is 0 Å². The lowest BCUT2D eigenvalue weighted by Crippen LogP contribution is -2.37. The smallest absolute Gasteiger partial charge is 0.119 e. The standard InChI is InChI=1S/C18H22N2O.C2H6/c1-15-2-4-17(5-3-15)21-18-8-12-20(13-9-18)14-16-6-10-19-11-7-16;1-2/h2-7,10-11,18H,8-9,12-14H2,1H3;1-2H3. The summed E-state index contributed by atoms with van der Waals surface area (Å²) in [5.41, 5.74) is 2.61. The van der Waals surface area contributed by atoms with Crippen molar-refractivity contribution in [3.8, 4) is 5.75 Å². The molecule has 2 aromatic rings. The second-order valence-electron chi connectivity index (χ2n) is 5.76. The average Bonchev–Trinajstić information content (AvgIpc) is 2.61. The highest BCUT2D eigenvalue weighted by molar-refractivity contribution is 5.26. The van der Waals surface area contributed by atoms with Crippen molar-refractivity contribution < 1.29 is 4.74 Å². The van der Waals surface area contributed by atoms with E-state index in [9.17, 15) is 0 Å². The number of ether oxygens (including phenoxy) is 1. The van der Waals surface area contributed by atoms with Crippen molar-refractivity contribution in [2.75, 3.05) is 13.1 Å². The van der Waals surface area contributed by atoms with Crippen molar-refractivity contribution in [3.05, 3.63) is 59.9 Å². The van der Waals surface area contributed by atoms with Gasteiger partial charge in [-0.05, 0) is 49.6 Å². The van der Waals surface area contributed by atoms with Crippen LogP contribution in [0.3, 0.4) is 0 Å². The Balaban J connectivity index is 0.000000924. The van der Waals surface area contributed by atoms with Crippen LogP contribution in [-0.4, -0.2) is 29.1 Å². The molecule has 3 rings (SSSR count). The predicted octanol–water partition coefficient (Wildman–Crippen LogP) is 4.46. The molecular weight excluding hydrogens is 284 g/mol. The van der Waals surface area contributed by atoms with Crippen LogP contribution in [0.2, 0.25) is 0 Å². The molecular formula is C20H28N2O. The summed E-state index contributed by atoms with van der Waals surface area (Å²) >= 11 is 0. The highest BCUT2D eigenvalue weighted by Crippen LogP contribution is 2.20. The molecule has 0 radical (unpaired) electrons. The first-order valence-electron chi connectivity index (χ1n) is 8.64. The van der Waals surface area contributed by atoms with Gasteiger partial charge in [-0.25, -0.2) is 0 Å². The molecule has 3 nitrogen and oxygen atoms in total. The van der Waals surface area contributed by atoms with E-state index in [1.165, 1.54) is 11.1 Å². The van der Waals surface area contributed by atoms with Crippen LogP contribution in [0.1, 0.15) is 37.8 Å². The van der Waals surface area contributed by atoms with Crippen LogP contribution in [0.25, 0.3) is 0 Å². The van der Waals surface area contributed by atoms with E-state index in [4.69, 9.17) is 4.74 Å². The molecule has 0 aliphatic carbocycles. The molecule has 0 unspecified atom stereocenters. The molecule has 3 heteroatoms. The van der Waals surface area contributed by atoms with Gasteiger partial charge in [0, 0.05) is 32.0 Å². The predicted molar refractivity (Wildman–Crippen MR) is 95.7 cm³/mol. The van der Waals surface area contributed by atoms with Crippen molar-refractivity contribution >= 4 is 0 Å². The summed E-state index contributed by atoms with van der Waals surface area (Å²) in [5.74, 6) is 0.994. The highest BCUT2D eigenvalue weighted by Gasteiger charge is 2.20. The number of aryl methyl sites for hydroxylation is 1. The van der Waals surface area contributed by atoms with Crippen LogP contribution in [0.5, 0.6) is 5.75 Å². The molecule has 0 atom stereocenters. The van der Waals surface area contributed by atoms with E-state index < -0.39 is 0 Å². The molecule has 1 aromatic carbocycles. The molecule has 1 fully saturated rings. The zero-order chi connectivity index (χ0) is 16.5. The van der Waals surface area contributed by atoms with Crippen molar-refractivity contribution in [1.29, 1.82) is 0 Å². The molecule has 1 aliphatic rings. The number of hydrogen-bond acceptors (Lipinski definition) is 3. The Kier molecular flexibility index (Phi) is 7.08. The number of aromatic nitrogens is 1. The summed E-state index contributed by atoms with van der Waals surface area (Å²) in [6, 6.07) is 12.5. The first kappa shape index (κ1) is 17.5. The number of hydrogen-bond donors (Lipinski definition) is 0. The molecule has 0 N–H and O–H groups in total. The monoisotopic (exact) mass is 312 g/mol. The van der Waals surface area contributed by atoms with Gasteiger partial charge in [-0.15, -0.1) is 0 Å². The van der Waals surface area contributed by atoms with E-state index in [2.05, 4.69) is 53.2 Å². The molecule has 0 saturated carbocycles. The average molecular weight is 312 g/mol. The summed E-state index contributed by atoms with van der Waals surface area (Å²) in [5, 5.41) is 0. The minimum absolute atomic E-state index is 0.349. The maximum atomic E-state index is 6.07. The second-order valence-corrected chi connectivity index (χ2v) is 5.76. The fourth-order valence-electron chi connectivity index (χ4n) is 2.74. The van der Waals surface area contributed by atoms with E-state index in [0.29, 0.717) is 6.10 Å². The number of nitrogens with zero attached hydrogens (tertiary/aromatic N) is 2. The number of pyridine rings is 1. The van der Waals surface area contributed by atoms with Crippen molar-refractivity contribution in [2.24, 2.45) is 0 Å². The van der Waals surface area contributed by atoms with Gasteiger partial charge in [-0.1, -0.05) is 31.5 Å². The third-order valence-corrected chi connectivity index (χ3v) is 4.01. The Morgan fingerprint density at radius 1 is 1.00 bits per heavy atom. The summed E-state index contributed by atoms with van der Waals surface area (Å²) < 4.78 is 6.07. The molecule has 1 saturated heterocycles. The summed E-state index contributed by atoms with van der Waals surface area (Å²) in [7, 11) is 0. The molecule has 1 aromatic heterocycles. The molecule has 0 spiro atoms. The molecule has 124 valence electrons. The van der Waals surface area contributed by atoms with Gasteiger partial charge in [0.05, 0.1) is 0 Å². The van der Waals surface area contributed by atoms with E-state index in [-0.39, 0.29) is 0 Å². The topological polar surface area (TPSA) is 25.4 Å². The van der Waals surface area contributed by atoms with Gasteiger partial charge in [0.2, 0.25) is 0 Å². The molecule has 2 heterocycles. The van der Waals surface area contributed by atoms with Crippen LogP contribution < -0.4 is 4.74 Å². The van der Waals surface area contributed by atoms with Crippen molar-refractivity contribution in [1.82, 2.24) is 9.88 Å². The van der Waals surface area contributed by atoms with Crippen LogP contribution in [0.15, 0.2) is 48.8 Å². The molecule has 0 bridgehead atoms. The third kappa shape index (κ3) is 5.68. The quantitative estimate of drug-likeness (QED) is 0.833. The lowest BCUT2D eigenvalue weighted by molar-refractivity contribution is 0.0968. The Morgan fingerprint density at radius 2 is 1.61 bits per heavy atom. The maximum absolute atomic E-state index is 6.07. The van der Waals surface area contributed by atoms with Gasteiger partial charge in [0.1, 0.15) is 11.9 Å².